The Hall–Kier alpha value is -2.94. The number of carbonyl (C=O) groups excluding carboxylic acids is 1. The lowest BCUT2D eigenvalue weighted by molar-refractivity contribution is -0.137. The molecule has 0 aromatic heterocycles. The second kappa shape index (κ2) is 10.4. The second-order valence-electron chi connectivity index (χ2n) is 6.93. The van der Waals surface area contributed by atoms with Crippen LogP contribution < -0.4 is 14.2 Å². The SMILES string of the molecule is COc1cc(C(=O)N(C)CC(CCO)c2cccc(C(F)(F)F)c2)cc(OC)c1OC. The number of alkyl halides is 3. The van der Waals surface area contributed by atoms with Crippen molar-refractivity contribution in [2.75, 3.05) is 41.5 Å². The summed E-state index contributed by atoms with van der Waals surface area (Å²) in [4.78, 5) is 14.4. The lowest BCUT2D eigenvalue weighted by Crippen LogP contribution is -2.31. The van der Waals surface area contributed by atoms with Crippen LogP contribution in [0.5, 0.6) is 17.2 Å². The van der Waals surface area contributed by atoms with Gasteiger partial charge in [0.05, 0.1) is 26.9 Å². The predicted molar refractivity (Wildman–Crippen MR) is 109 cm³/mol. The van der Waals surface area contributed by atoms with E-state index in [1.165, 1.54) is 44.4 Å². The van der Waals surface area contributed by atoms with Crippen LogP contribution in [0.2, 0.25) is 0 Å². The molecular weight excluding hydrogens is 415 g/mol. The van der Waals surface area contributed by atoms with Crippen LogP contribution in [0.15, 0.2) is 36.4 Å². The molecule has 0 saturated carbocycles. The highest BCUT2D eigenvalue weighted by molar-refractivity contribution is 5.95. The number of halogens is 3. The molecule has 0 radical (unpaired) electrons. The number of aliphatic hydroxyl groups excluding tert-OH is 1. The van der Waals surface area contributed by atoms with E-state index in [4.69, 9.17) is 14.2 Å². The standard InChI is InChI=1S/C22H26F3NO5/c1-26(21(28)16-11-18(29-2)20(31-4)19(12-16)30-3)13-15(8-9-27)14-6-5-7-17(10-14)22(23,24)25/h5-7,10-12,15,27H,8-9,13H2,1-4H3. The maximum atomic E-state index is 13.1. The number of likely N-dealkylation sites (N-methyl/N-ethyl adjacent to an activating group) is 1. The third-order valence-corrected chi connectivity index (χ3v) is 4.92. The summed E-state index contributed by atoms with van der Waals surface area (Å²) in [5.74, 6) is 0.0931. The average molecular weight is 441 g/mol. The molecule has 1 atom stereocenters. The smallest absolute Gasteiger partial charge is 0.416 e. The molecule has 0 fully saturated rings. The van der Waals surface area contributed by atoms with Gasteiger partial charge >= 0.3 is 6.18 Å². The average Bonchev–Trinajstić information content (AvgIpc) is 2.76. The fourth-order valence-corrected chi connectivity index (χ4v) is 3.33. The quantitative estimate of drug-likeness (QED) is 0.638. The first kappa shape index (κ1) is 24.3. The van der Waals surface area contributed by atoms with Crippen LogP contribution in [0.3, 0.4) is 0 Å². The maximum Gasteiger partial charge on any atom is 0.416 e. The van der Waals surface area contributed by atoms with Gasteiger partial charge in [-0.2, -0.15) is 13.2 Å². The number of amides is 1. The zero-order chi connectivity index (χ0) is 23.2. The van der Waals surface area contributed by atoms with E-state index in [9.17, 15) is 23.1 Å². The molecule has 31 heavy (non-hydrogen) atoms. The first-order chi connectivity index (χ1) is 14.7. The topological polar surface area (TPSA) is 68.2 Å². The molecule has 2 aromatic carbocycles. The first-order valence-electron chi connectivity index (χ1n) is 9.49. The highest BCUT2D eigenvalue weighted by atomic mass is 19.4. The Bertz CT molecular complexity index is 876. The summed E-state index contributed by atoms with van der Waals surface area (Å²) in [6, 6.07) is 7.94. The van der Waals surface area contributed by atoms with Gasteiger partial charge in [-0.1, -0.05) is 18.2 Å². The van der Waals surface area contributed by atoms with Gasteiger partial charge in [-0.3, -0.25) is 4.79 Å². The van der Waals surface area contributed by atoms with E-state index < -0.39 is 17.7 Å². The minimum Gasteiger partial charge on any atom is -0.493 e. The van der Waals surface area contributed by atoms with Crippen molar-refractivity contribution in [2.24, 2.45) is 0 Å². The van der Waals surface area contributed by atoms with Gasteiger partial charge in [0.2, 0.25) is 5.75 Å². The van der Waals surface area contributed by atoms with Crippen LogP contribution in [-0.2, 0) is 6.18 Å². The van der Waals surface area contributed by atoms with Gasteiger partial charge in [-0.05, 0) is 30.2 Å². The van der Waals surface area contributed by atoms with Crippen molar-refractivity contribution in [3.05, 3.63) is 53.1 Å². The second-order valence-corrected chi connectivity index (χ2v) is 6.93. The highest BCUT2D eigenvalue weighted by Crippen LogP contribution is 2.38. The number of aliphatic hydroxyl groups is 1. The normalized spacial score (nSPS) is 12.3. The number of nitrogens with zero attached hydrogens (tertiary/aromatic N) is 1. The number of benzene rings is 2. The maximum absolute atomic E-state index is 13.1. The van der Waals surface area contributed by atoms with Gasteiger partial charge in [-0.25, -0.2) is 0 Å². The molecule has 0 bridgehead atoms. The molecule has 2 aromatic rings. The van der Waals surface area contributed by atoms with Gasteiger partial charge in [0.1, 0.15) is 0 Å². The summed E-state index contributed by atoms with van der Waals surface area (Å²) in [7, 11) is 5.85. The summed E-state index contributed by atoms with van der Waals surface area (Å²) < 4.78 is 55.0. The van der Waals surface area contributed by atoms with E-state index in [0.717, 1.165) is 12.1 Å². The van der Waals surface area contributed by atoms with E-state index in [1.54, 1.807) is 13.1 Å². The number of rotatable bonds is 9. The summed E-state index contributed by atoms with van der Waals surface area (Å²) in [6.45, 7) is -0.121. The molecule has 6 nitrogen and oxygen atoms in total. The molecule has 0 heterocycles. The summed E-state index contributed by atoms with van der Waals surface area (Å²) in [5, 5.41) is 9.42. The van der Waals surface area contributed by atoms with Crippen molar-refractivity contribution in [1.82, 2.24) is 4.90 Å². The number of carbonyl (C=O) groups is 1. The Morgan fingerprint density at radius 1 is 1.06 bits per heavy atom. The molecule has 170 valence electrons. The van der Waals surface area contributed by atoms with Crippen molar-refractivity contribution in [1.29, 1.82) is 0 Å². The Balaban J connectivity index is 2.31. The third-order valence-electron chi connectivity index (χ3n) is 4.92. The van der Waals surface area contributed by atoms with Crippen molar-refractivity contribution in [3.8, 4) is 17.2 Å². The first-order valence-corrected chi connectivity index (χ1v) is 9.49. The van der Waals surface area contributed by atoms with Crippen LogP contribution in [0, 0.1) is 0 Å². The van der Waals surface area contributed by atoms with Crippen molar-refractivity contribution in [2.45, 2.75) is 18.5 Å². The van der Waals surface area contributed by atoms with E-state index >= 15 is 0 Å². The summed E-state index contributed by atoms with van der Waals surface area (Å²) >= 11 is 0. The van der Waals surface area contributed by atoms with Crippen molar-refractivity contribution in [3.63, 3.8) is 0 Å². The van der Waals surface area contributed by atoms with Gasteiger partial charge in [0.25, 0.3) is 5.91 Å². The molecule has 2 rings (SSSR count). The van der Waals surface area contributed by atoms with Crippen LogP contribution >= 0.6 is 0 Å². The monoisotopic (exact) mass is 441 g/mol. The lowest BCUT2D eigenvalue weighted by atomic mass is 9.93. The van der Waals surface area contributed by atoms with Gasteiger partial charge in [-0.15, -0.1) is 0 Å². The molecule has 1 unspecified atom stereocenters. The molecule has 1 N–H and O–H groups in total. The van der Waals surface area contributed by atoms with Crippen LogP contribution in [0.4, 0.5) is 13.2 Å². The molecule has 0 spiro atoms. The lowest BCUT2D eigenvalue weighted by Gasteiger charge is -2.25. The number of methoxy groups -OCH3 is 3. The van der Waals surface area contributed by atoms with Crippen molar-refractivity contribution >= 4 is 5.91 Å². The van der Waals surface area contributed by atoms with Crippen LogP contribution in [0.25, 0.3) is 0 Å². The Kier molecular flexibility index (Phi) is 8.15. The molecule has 1 amide bonds. The van der Waals surface area contributed by atoms with Gasteiger partial charge < -0.3 is 24.2 Å². The van der Waals surface area contributed by atoms with E-state index in [1.807, 2.05) is 0 Å². The van der Waals surface area contributed by atoms with E-state index in [-0.39, 0.29) is 31.0 Å². The minimum atomic E-state index is -4.47. The molecule has 9 heteroatoms. The molecular formula is C22H26F3NO5. The molecule has 0 aliphatic heterocycles. The fourth-order valence-electron chi connectivity index (χ4n) is 3.33. The van der Waals surface area contributed by atoms with E-state index in [2.05, 4.69) is 0 Å². The minimum absolute atomic E-state index is 0.108. The molecule has 0 aliphatic carbocycles. The molecule has 0 aliphatic rings. The van der Waals surface area contributed by atoms with E-state index in [0.29, 0.717) is 22.8 Å². The van der Waals surface area contributed by atoms with Crippen LogP contribution in [-0.4, -0.2) is 57.4 Å². The zero-order valence-corrected chi connectivity index (χ0v) is 17.8. The number of hydrogen-bond acceptors (Lipinski definition) is 5. The van der Waals surface area contributed by atoms with Gasteiger partial charge in [0, 0.05) is 31.7 Å². The largest absolute Gasteiger partial charge is 0.493 e. The fraction of sp³-hybridized carbons (Fsp3) is 0.409. The third kappa shape index (κ3) is 5.81. The summed E-state index contributed by atoms with van der Waals surface area (Å²) in [6.07, 6.45) is -4.27. The van der Waals surface area contributed by atoms with Gasteiger partial charge in [0.15, 0.2) is 11.5 Å². The highest BCUT2D eigenvalue weighted by Gasteiger charge is 2.31. The predicted octanol–water partition coefficient (Wildman–Crippen LogP) is 3.97. The number of ether oxygens (including phenoxy) is 3. The molecule has 0 saturated heterocycles. The zero-order valence-electron chi connectivity index (χ0n) is 17.8. The Labute approximate surface area is 179 Å². The van der Waals surface area contributed by atoms with Crippen LogP contribution in [0.1, 0.15) is 33.8 Å². The summed E-state index contributed by atoms with van der Waals surface area (Å²) in [5.41, 5.74) is -0.108. The number of hydrogen-bond donors (Lipinski definition) is 1. The Morgan fingerprint density at radius 3 is 2.16 bits per heavy atom. The Morgan fingerprint density at radius 2 is 1.68 bits per heavy atom. The van der Waals surface area contributed by atoms with Crippen molar-refractivity contribution < 1.29 is 37.3 Å².